The Bertz CT molecular complexity index is 637. The van der Waals surface area contributed by atoms with Crippen LogP contribution in [0.4, 0.5) is 0 Å². The number of rotatable bonds is 4. The Morgan fingerprint density at radius 3 is 2.71 bits per heavy atom. The van der Waals surface area contributed by atoms with E-state index in [4.69, 9.17) is 10.5 Å². The maximum atomic E-state index is 12.3. The van der Waals surface area contributed by atoms with Gasteiger partial charge in [0.2, 0.25) is 0 Å². The molecule has 1 aliphatic rings. The Hall–Kier alpha value is -2.33. The monoisotopic (exact) mass is 282 g/mol. The van der Waals surface area contributed by atoms with Crippen LogP contribution in [0.5, 0.6) is 5.75 Å². The van der Waals surface area contributed by atoms with Crippen molar-refractivity contribution in [1.82, 2.24) is 5.32 Å². The standard InChI is InChI=1S/C17H18N2O2/c18-10-9-12-5-7-13(8-6-12)17(20)19-15-11-21-16-4-2-1-3-14(15)16/h1-8,15H,9-11,18H2,(H,19,20). The van der Waals surface area contributed by atoms with Gasteiger partial charge in [-0.05, 0) is 36.7 Å². The quantitative estimate of drug-likeness (QED) is 0.902. The average molecular weight is 282 g/mol. The van der Waals surface area contributed by atoms with Crippen molar-refractivity contribution in [3.63, 3.8) is 0 Å². The lowest BCUT2D eigenvalue weighted by Crippen LogP contribution is -2.29. The highest BCUT2D eigenvalue weighted by Crippen LogP contribution is 2.31. The summed E-state index contributed by atoms with van der Waals surface area (Å²) < 4.78 is 5.57. The largest absolute Gasteiger partial charge is 0.491 e. The second kappa shape index (κ2) is 5.97. The molecule has 0 bridgehead atoms. The lowest BCUT2D eigenvalue weighted by Gasteiger charge is -2.12. The molecule has 0 aromatic heterocycles. The first-order valence-corrected chi connectivity index (χ1v) is 7.09. The van der Waals surface area contributed by atoms with Crippen LogP contribution in [-0.2, 0) is 6.42 Å². The summed E-state index contributed by atoms with van der Waals surface area (Å²) in [6, 6.07) is 15.3. The zero-order chi connectivity index (χ0) is 14.7. The number of hydrogen-bond donors (Lipinski definition) is 2. The topological polar surface area (TPSA) is 64.4 Å². The Kier molecular flexibility index (Phi) is 3.88. The summed E-state index contributed by atoms with van der Waals surface area (Å²) >= 11 is 0. The van der Waals surface area contributed by atoms with Crippen molar-refractivity contribution < 1.29 is 9.53 Å². The van der Waals surface area contributed by atoms with Gasteiger partial charge < -0.3 is 15.8 Å². The Morgan fingerprint density at radius 1 is 1.19 bits per heavy atom. The average Bonchev–Trinajstić information content (AvgIpc) is 2.92. The SMILES string of the molecule is NCCc1ccc(C(=O)NC2COc3ccccc32)cc1. The zero-order valence-electron chi connectivity index (χ0n) is 11.7. The van der Waals surface area contributed by atoms with Crippen LogP contribution < -0.4 is 15.8 Å². The molecule has 1 unspecified atom stereocenters. The number of benzene rings is 2. The molecular formula is C17H18N2O2. The van der Waals surface area contributed by atoms with Crippen molar-refractivity contribution in [2.24, 2.45) is 5.73 Å². The van der Waals surface area contributed by atoms with Gasteiger partial charge in [-0.3, -0.25) is 4.79 Å². The van der Waals surface area contributed by atoms with Crippen LogP contribution in [0, 0.1) is 0 Å². The van der Waals surface area contributed by atoms with Gasteiger partial charge in [0.05, 0.1) is 6.04 Å². The highest BCUT2D eigenvalue weighted by atomic mass is 16.5. The van der Waals surface area contributed by atoms with Crippen LogP contribution in [0.2, 0.25) is 0 Å². The lowest BCUT2D eigenvalue weighted by atomic mass is 10.1. The molecule has 108 valence electrons. The molecule has 2 aromatic carbocycles. The summed E-state index contributed by atoms with van der Waals surface area (Å²) in [6.07, 6.45) is 0.825. The van der Waals surface area contributed by atoms with Gasteiger partial charge >= 0.3 is 0 Å². The van der Waals surface area contributed by atoms with Crippen molar-refractivity contribution in [3.05, 3.63) is 65.2 Å². The first kappa shape index (κ1) is 13.6. The number of nitrogens with two attached hydrogens (primary N) is 1. The molecule has 2 aromatic rings. The van der Waals surface area contributed by atoms with Crippen LogP contribution >= 0.6 is 0 Å². The Labute approximate surface area is 123 Å². The number of carbonyl (C=O) groups excluding carboxylic acids is 1. The maximum absolute atomic E-state index is 12.3. The third-order valence-corrected chi connectivity index (χ3v) is 3.65. The molecule has 1 amide bonds. The molecule has 0 spiro atoms. The minimum Gasteiger partial charge on any atom is -0.491 e. The van der Waals surface area contributed by atoms with Crippen molar-refractivity contribution in [1.29, 1.82) is 0 Å². The second-order valence-electron chi connectivity index (χ2n) is 5.11. The van der Waals surface area contributed by atoms with E-state index in [0.717, 1.165) is 23.3 Å². The van der Waals surface area contributed by atoms with Crippen molar-refractivity contribution in [2.75, 3.05) is 13.2 Å². The van der Waals surface area contributed by atoms with E-state index in [1.54, 1.807) is 0 Å². The van der Waals surface area contributed by atoms with Crippen molar-refractivity contribution in [3.8, 4) is 5.75 Å². The number of nitrogens with one attached hydrogen (secondary N) is 1. The summed E-state index contributed by atoms with van der Waals surface area (Å²) in [5.74, 6) is 0.765. The highest BCUT2D eigenvalue weighted by molar-refractivity contribution is 5.94. The van der Waals surface area contributed by atoms with Gasteiger partial charge in [-0.25, -0.2) is 0 Å². The van der Waals surface area contributed by atoms with E-state index in [9.17, 15) is 4.79 Å². The fraction of sp³-hybridized carbons (Fsp3) is 0.235. The summed E-state index contributed by atoms with van der Waals surface area (Å²) in [4.78, 5) is 12.3. The van der Waals surface area contributed by atoms with E-state index in [2.05, 4.69) is 5.32 Å². The van der Waals surface area contributed by atoms with Crippen LogP contribution in [0.1, 0.15) is 27.5 Å². The summed E-state index contributed by atoms with van der Waals surface area (Å²) in [6.45, 7) is 1.10. The fourth-order valence-electron chi connectivity index (χ4n) is 2.51. The molecule has 0 fully saturated rings. The fourth-order valence-corrected chi connectivity index (χ4v) is 2.51. The predicted molar refractivity (Wildman–Crippen MR) is 81.3 cm³/mol. The van der Waals surface area contributed by atoms with Crippen LogP contribution in [0.25, 0.3) is 0 Å². The van der Waals surface area contributed by atoms with E-state index < -0.39 is 0 Å². The summed E-state index contributed by atoms with van der Waals surface area (Å²) in [5, 5.41) is 3.01. The molecule has 1 heterocycles. The van der Waals surface area contributed by atoms with Crippen molar-refractivity contribution in [2.45, 2.75) is 12.5 Å². The van der Waals surface area contributed by atoms with Gasteiger partial charge in [-0.1, -0.05) is 30.3 Å². The first-order chi connectivity index (χ1) is 10.3. The predicted octanol–water partition coefficient (Wildman–Crippen LogP) is 2.05. The van der Waals surface area contributed by atoms with Crippen LogP contribution in [-0.4, -0.2) is 19.1 Å². The van der Waals surface area contributed by atoms with E-state index >= 15 is 0 Å². The Morgan fingerprint density at radius 2 is 1.95 bits per heavy atom. The van der Waals surface area contributed by atoms with E-state index in [1.165, 1.54) is 0 Å². The summed E-state index contributed by atoms with van der Waals surface area (Å²) in [5.41, 5.74) is 8.35. The smallest absolute Gasteiger partial charge is 0.251 e. The minimum absolute atomic E-state index is 0.0837. The third kappa shape index (κ3) is 2.90. The summed E-state index contributed by atoms with van der Waals surface area (Å²) in [7, 11) is 0. The molecule has 21 heavy (non-hydrogen) atoms. The molecule has 4 heteroatoms. The van der Waals surface area contributed by atoms with E-state index in [0.29, 0.717) is 18.7 Å². The number of hydrogen-bond acceptors (Lipinski definition) is 3. The highest BCUT2D eigenvalue weighted by Gasteiger charge is 2.25. The number of fused-ring (bicyclic) bond motifs is 1. The molecule has 4 nitrogen and oxygen atoms in total. The van der Waals surface area contributed by atoms with Crippen LogP contribution in [0.3, 0.4) is 0 Å². The number of ether oxygens (including phenoxy) is 1. The Balaban J connectivity index is 1.69. The van der Waals surface area contributed by atoms with Crippen molar-refractivity contribution >= 4 is 5.91 Å². The third-order valence-electron chi connectivity index (χ3n) is 3.65. The number of para-hydroxylation sites is 1. The molecule has 0 saturated heterocycles. The van der Waals surface area contributed by atoms with Gasteiger partial charge in [0.1, 0.15) is 12.4 Å². The number of carbonyl (C=O) groups is 1. The zero-order valence-corrected chi connectivity index (χ0v) is 11.7. The molecule has 3 rings (SSSR count). The van der Waals surface area contributed by atoms with Crippen LogP contribution in [0.15, 0.2) is 48.5 Å². The molecule has 1 atom stereocenters. The maximum Gasteiger partial charge on any atom is 0.251 e. The van der Waals surface area contributed by atoms with Gasteiger partial charge in [-0.15, -0.1) is 0 Å². The molecule has 0 radical (unpaired) electrons. The normalized spacial score (nSPS) is 16.1. The molecule has 1 aliphatic heterocycles. The number of amides is 1. The van der Waals surface area contributed by atoms with Gasteiger partial charge in [-0.2, -0.15) is 0 Å². The van der Waals surface area contributed by atoms with Gasteiger partial charge in [0, 0.05) is 11.1 Å². The van der Waals surface area contributed by atoms with Gasteiger partial charge in [0.15, 0.2) is 0 Å². The molecule has 3 N–H and O–H groups in total. The first-order valence-electron chi connectivity index (χ1n) is 7.09. The molecule has 0 saturated carbocycles. The lowest BCUT2D eigenvalue weighted by molar-refractivity contribution is 0.0930. The van der Waals surface area contributed by atoms with E-state index in [-0.39, 0.29) is 11.9 Å². The van der Waals surface area contributed by atoms with Gasteiger partial charge in [0.25, 0.3) is 5.91 Å². The minimum atomic E-state index is -0.0857. The molecular weight excluding hydrogens is 264 g/mol. The second-order valence-corrected chi connectivity index (χ2v) is 5.11. The van der Waals surface area contributed by atoms with E-state index in [1.807, 2.05) is 48.5 Å². The molecule has 0 aliphatic carbocycles.